The molecule has 1 aromatic heterocycles. The van der Waals surface area contributed by atoms with E-state index >= 15 is 0 Å². The van der Waals surface area contributed by atoms with Gasteiger partial charge in [-0.15, -0.1) is 0 Å². The van der Waals surface area contributed by atoms with Crippen LogP contribution < -0.4 is 4.90 Å². The maximum atomic E-state index is 12.2. The van der Waals surface area contributed by atoms with Crippen molar-refractivity contribution in [2.45, 2.75) is 6.92 Å². The summed E-state index contributed by atoms with van der Waals surface area (Å²) in [5.74, 6) is -0.359. The lowest BCUT2D eigenvalue weighted by atomic mass is 10.2. The van der Waals surface area contributed by atoms with E-state index in [0.29, 0.717) is 25.5 Å². The molecule has 1 saturated heterocycles. The molecule has 1 aliphatic heterocycles. The van der Waals surface area contributed by atoms with Gasteiger partial charge in [0, 0.05) is 18.7 Å². The predicted molar refractivity (Wildman–Crippen MR) is 86.5 cm³/mol. The molecule has 3 rings (SSSR count). The van der Waals surface area contributed by atoms with Gasteiger partial charge in [-0.3, -0.25) is 0 Å². The van der Waals surface area contributed by atoms with Gasteiger partial charge in [0.15, 0.2) is 5.69 Å². The van der Waals surface area contributed by atoms with E-state index in [0.717, 1.165) is 28.7 Å². The van der Waals surface area contributed by atoms with Gasteiger partial charge in [0.2, 0.25) is 0 Å². The Hall–Kier alpha value is -1.92. The van der Waals surface area contributed by atoms with Gasteiger partial charge in [0.05, 0.1) is 19.8 Å². The molecule has 22 heavy (non-hydrogen) atoms. The minimum Gasteiger partial charge on any atom is -0.461 e. The largest absolute Gasteiger partial charge is 0.461 e. The van der Waals surface area contributed by atoms with Crippen LogP contribution in [0.4, 0.5) is 5.00 Å². The monoisotopic (exact) mass is 318 g/mol. The van der Waals surface area contributed by atoms with E-state index in [1.165, 1.54) is 11.3 Å². The van der Waals surface area contributed by atoms with Crippen LogP contribution in [0.5, 0.6) is 0 Å². The standard InChI is InChI=1S/C16H18N2O3S/c1-2-21-16(19)13-15(18-8-10-20-11-9-18)22-14(17-13)12-6-4-3-5-7-12/h3-7H,2,8-11H2,1H3. The molecule has 0 radical (unpaired) electrons. The van der Waals surface area contributed by atoms with Gasteiger partial charge < -0.3 is 14.4 Å². The zero-order valence-electron chi connectivity index (χ0n) is 12.4. The van der Waals surface area contributed by atoms with Gasteiger partial charge in [0.1, 0.15) is 10.0 Å². The van der Waals surface area contributed by atoms with Crippen molar-refractivity contribution >= 4 is 22.3 Å². The molecule has 0 spiro atoms. The number of benzene rings is 1. The summed E-state index contributed by atoms with van der Waals surface area (Å²) in [6, 6.07) is 9.89. The molecule has 0 bridgehead atoms. The number of anilines is 1. The molecule has 1 fully saturated rings. The summed E-state index contributed by atoms with van der Waals surface area (Å²) in [5.41, 5.74) is 1.42. The van der Waals surface area contributed by atoms with Crippen molar-refractivity contribution in [3.05, 3.63) is 36.0 Å². The molecule has 116 valence electrons. The Kier molecular flexibility index (Phi) is 4.70. The van der Waals surface area contributed by atoms with Crippen LogP contribution in [0.2, 0.25) is 0 Å². The van der Waals surface area contributed by atoms with Crippen molar-refractivity contribution in [1.82, 2.24) is 4.98 Å². The highest BCUT2D eigenvalue weighted by Crippen LogP contribution is 2.35. The number of nitrogens with zero attached hydrogens (tertiary/aromatic N) is 2. The van der Waals surface area contributed by atoms with Crippen LogP contribution in [0.25, 0.3) is 10.6 Å². The van der Waals surface area contributed by atoms with Gasteiger partial charge in [-0.25, -0.2) is 9.78 Å². The molecule has 0 saturated carbocycles. The maximum Gasteiger partial charge on any atom is 0.360 e. The number of hydrogen-bond acceptors (Lipinski definition) is 6. The summed E-state index contributed by atoms with van der Waals surface area (Å²) in [4.78, 5) is 18.9. The average molecular weight is 318 g/mol. The van der Waals surface area contributed by atoms with E-state index in [2.05, 4.69) is 9.88 Å². The van der Waals surface area contributed by atoms with E-state index in [4.69, 9.17) is 9.47 Å². The minimum absolute atomic E-state index is 0.347. The molecule has 0 unspecified atom stereocenters. The fourth-order valence-corrected chi connectivity index (χ4v) is 3.44. The highest BCUT2D eigenvalue weighted by Gasteiger charge is 2.25. The quantitative estimate of drug-likeness (QED) is 0.811. The smallest absolute Gasteiger partial charge is 0.360 e. The van der Waals surface area contributed by atoms with Crippen LogP contribution in [-0.4, -0.2) is 43.9 Å². The van der Waals surface area contributed by atoms with Gasteiger partial charge in [0.25, 0.3) is 0 Å². The molecule has 0 atom stereocenters. The van der Waals surface area contributed by atoms with Crippen molar-refractivity contribution in [3.8, 4) is 10.6 Å². The Morgan fingerprint density at radius 2 is 2.05 bits per heavy atom. The number of rotatable bonds is 4. The number of ether oxygens (including phenoxy) is 2. The Morgan fingerprint density at radius 3 is 2.73 bits per heavy atom. The van der Waals surface area contributed by atoms with Crippen molar-refractivity contribution in [1.29, 1.82) is 0 Å². The first-order valence-corrected chi connectivity index (χ1v) is 8.17. The highest BCUT2D eigenvalue weighted by molar-refractivity contribution is 7.19. The molecule has 0 amide bonds. The second-order valence-corrected chi connectivity index (χ2v) is 5.84. The van der Waals surface area contributed by atoms with Crippen LogP contribution in [0.1, 0.15) is 17.4 Å². The fraction of sp³-hybridized carbons (Fsp3) is 0.375. The molecule has 0 aliphatic carbocycles. The van der Waals surface area contributed by atoms with Gasteiger partial charge >= 0.3 is 5.97 Å². The van der Waals surface area contributed by atoms with E-state index < -0.39 is 0 Å². The molecule has 1 aliphatic rings. The van der Waals surface area contributed by atoms with Crippen LogP contribution in [-0.2, 0) is 9.47 Å². The number of carbonyl (C=O) groups excluding carboxylic acids is 1. The van der Waals surface area contributed by atoms with Crippen LogP contribution in [0.3, 0.4) is 0 Å². The Bertz CT molecular complexity index is 636. The minimum atomic E-state index is -0.359. The first-order valence-electron chi connectivity index (χ1n) is 7.35. The number of esters is 1. The summed E-state index contributed by atoms with van der Waals surface area (Å²) >= 11 is 1.53. The number of carbonyl (C=O) groups is 1. The first kappa shape index (κ1) is 15.0. The molecular weight excluding hydrogens is 300 g/mol. The summed E-state index contributed by atoms with van der Waals surface area (Å²) in [5, 5.41) is 1.71. The molecule has 0 N–H and O–H groups in total. The van der Waals surface area contributed by atoms with E-state index in [-0.39, 0.29) is 5.97 Å². The molecule has 2 heterocycles. The predicted octanol–water partition coefficient (Wildman–Crippen LogP) is 2.82. The second kappa shape index (κ2) is 6.89. The molecule has 2 aromatic rings. The van der Waals surface area contributed by atoms with Crippen molar-refractivity contribution in [2.24, 2.45) is 0 Å². The molecule has 6 heteroatoms. The Morgan fingerprint density at radius 1 is 1.32 bits per heavy atom. The van der Waals surface area contributed by atoms with Crippen LogP contribution >= 0.6 is 11.3 Å². The Balaban J connectivity index is 1.98. The lowest BCUT2D eigenvalue weighted by Gasteiger charge is -2.27. The lowest BCUT2D eigenvalue weighted by Crippen LogP contribution is -2.36. The third-order valence-corrected chi connectivity index (χ3v) is 4.56. The highest BCUT2D eigenvalue weighted by atomic mass is 32.1. The molecular formula is C16H18N2O3S. The van der Waals surface area contributed by atoms with Crippen molar-refractivity contribution in [2.75, 3.05) is 37.8 Å². The second-order valence-electron chi connectivity index (χ2n) is 4.86. The van der Waals surface area contributed by atoms with E-state index in [9.17, 15) is 4.79 Å². The summed E-state index contributed by atoms with van der Waals surface area (Å²) in [6.45, 7) is 5.02. The topological polar surface area (TPSA) is 51.7 Å². The number of thiazole rings is 1. The average Bonchev–Trinajstić information content (AvgIpc) is 3.02. The zero-order chi connectivity index (χ0) is 15.4. The van der Waals surface area contributed by atoms with Crippen molar-refractivity contribution in [3.63, 3.8) is 0 Å². The molecule has 1 aromatic carbocycles. The first-order chi connectivity index (χ1) is 10.8. The molecule has 5 nitrogen and oxygen atoms in total. The van der Waals surface area contributed by atoms with Crippen LogP contribution in [0.15, 0.2) is 30.3 Å². The number of aromatic nitrogens is 1. The number of morpholine rings is 1. The Labute approximate surface area is 133 Å². The third-order valence-electron chi connectivity index (χ3n) is 3.40. The maximum absolute atomic E-state index is 12.2. The third kappa shape index (κ3) is 3.13. The number of hydrogen-bond donors (Lipinski definition) is 0. The SMILES string of the molecule is CCOC(=O)c1nc(-c2ccccc2)sc1N1CCOCC1. The zero-order valence-corrected chi connectivity index (χ0v) is 13.3. The van der Waals surface area contributed by atoms with E-state index in [1.807, 2.05) is 30.3 Å². The van der Waals surface area contributed by atoms with Gasteiger partial charge in [-0.05, 0) is 6.92 Å². The van der Waals surface area contributed by atoms with Crippen LogP contribution in [0, 0.1) is 0 Å². The lowest BCUT2D eigenvalue weighted by molar-refractivity contribution is 0.0520. The fourth-order valence-electron chi connectivity index (χ4n) is 2.33. The van der Waals surface area contributed by atoms with Gasteiger partial charge in [-0.1, -0.05) is 41.7 Å². The summed E-state index contributed by atoms with van der Waals surface area (Å²) < 4.78 is 10.5. The van der Waals surface area contributed by atoms with Gasteiger partial charge in [-0.2, -0.15) is 0 Å². The normalized spacial score (nSPS) is 14.9. The van der Waals surface area contributed by atoms with Crippen molar-refractivity contribution < 1.29 is 14.3 Å². The van der Waals surface area contributed by atoms with E-state index in [1.54, 1.807) is 6.92 Å². The summed E-state index contributed by atoms with van der Waals surface area (Å²) in [6.07, 6.45) is 0. The summed E-state index contributed by atoms with van der Waals surface area (Å²) in [7, 11) is 0.